The Balaban J connectivity index is 2.83. The fourth-order valence-electron chi connectivity index (χ4n) is 1.10. The van der Waals surface area contributed by atoms with Crippen LogP contribution in [0.1, 0.15) is 12.5 Å². The standard InChI is InChI=1S/C11H14O2/c1-2-13-11(8-9-12)10-6-4-3-5-7-10/h3-8,12H,2,9H2,1H3/b11-8-. The van der Waals surface area contributed by atoms with E-state index in [0.29, 0.717) is 6.61 Å². The van der Waals surface area contributed by atoms with Crippen molar-refractivity contribution in [2.75, 3.05) is 13.2 Å². The minimum Gasteiger partial charge on any atom is -0.494 e. The lowest BCUT2D eigenvalue weighted by atomic mass is 10.2. The molecule has 0 aliphatic carbocycles. The maximum Gasteiger partial charge on any atom is 0.124 e. The molecule has 0 amide bonds. The van der Waals surface area contributed by atoms with Gasteiger partial charge in [-0.3, -0.25) is 0 Å². The van der Waals surface area contributed by atoms with Crippen LogP contribution in [-0.4, -0.2) is 18.3 Å². The number of hydrogen-bond acceptors (Lipinski definition) is 2. The number of ether oxygens (including phenoxy) is 1. The first-order chi connectivity index (χ1) is 6.38. The summed E-state index contributed by atoms with van der Waals surface area (Å²) in [6.45, 7) is 2.54. The van der Waals surface area contributed by atoms with Gasteiger partial charge in [0.2, 0.25) is 0 Å². The molecule has 1 N–H and O–H groups in total. The highest BCUT2D eigenvalue weighted by atomic mass is 16.5. The van der Waals surface area contributed by atoms with Crippen molar-refractivity contribution in [3.05, 3.63) is 42.0 Å². The van der Waals surface area contributed by atoms with Crippen LogP contribution in [0.15, 0.2) is 36.4 Å². The first kappa shape index (κ1) is 9.81. The highest BCUT2D eigenvalue weighted by Gasteiger charge is 1.99. The van der Waals surface area contributed by atoms with Crippen molar-refractivity contribution in [1.29, 1.82) is 0 Å². The summed E-state index contributed by atoms with van der Waals surface area (Å²) in [7, 11) is 0. The number of rotatable bonds is 4. The van der Waals surface area contributed by atoms with E-state index >= 15 is 0 Å². The minimum absolute atomic E-state index is 0.00419. The van der Waals surface area contributed by atoms with Crippen molar-refractivity contribution < 1.29 is 9.84 Å². The molecule has 0 saturated heterocycles. The fraction of sp³-hybridized carbons (Fsp3) is 0.273. The van der Waals surface area contributed by atoms with Crippen molar-refractivity contribution >= 4 is 5.76 Å². The first-order valence-electron chi connectivity index (χ1n) is 4.37. The van der Waals surface area contributed by atoms with Gasteiger partial charge in [-0.2, -0.15) is 0 Å². The molecule has 70 valence electrons. The van der Waals surface area contributed by atoms with Crippen molar-refractivity contribution in [2.24, 2.45) is 0 Å². The van der Waals surface area contributed by atoms with Gasteiger partial charge in [0.15, 0.2) is 0 Å². The topological polar surface area (TPSA) is 29.5 Å². The second-order valence-electron chi connectivity index (χ2n) is 2.55. The summed E-state index contributed by atoms with van der Waals surface area (Å²) in [5.41, 5.74) is 0.999. The fourth-order valence-corrected chi connectivity index (χ4v) is 1.10. The largest absolute Gasteiger partial charge is 0.494 e. The predicted octanol–water partition coefficient (Wildman–Crippen LogP) is 2.06. The Bertz CT molecular complexity index is 265. The molecule has 0 atom stereocenters. The average Bonchev–Trinajstić information content (AvgIpc) is 2.19. The number of aliphatic hydroxyl groups is 1. The second kappa shape index (κ2) is 5.38. The molecule has 1 aromatic carbocycles. The third-order valence-corrected chi connectivity index (χ3v) is 1.63. The molecular formula is C11H14O2. The minimum atomic E-state index is 0.00419. The Morgan fingerprint density at radius 3 is 2.62 bits per heavy atom. The van der Waals surface area contributed by atoms with Crippen LogP contribution in [0.5, 0.6) is 0 Å². The second-order valence-corrected chi connectivity index (χ2v) is 2.55. The third kappa shape index (κ3) is 2.92. The molecule has 2 nitrogen and oxygen atoms in total. The summed E-state index contributed by atoms with van der Waals surface area (Å²) in [4.78, 5) is 0. The monoisotopic (exact) mass is 178 g/mol. The SMILES string of the molecule is CCO/C(=C\CO)c1ccccc1. The molecule has 2 heteroatoms. The summed E-state index contributed by atoms with van der Waals surface area (Å²) in [5, 5.41) is 8.77. The molecule has 0 aromatic heterocycles. The Labute approximate surface area is 78.5 Å². The Morgan fingerprint density at radius 2 is 2.08 bits per heavy atom. The smallest absolute Gasteiger partial charge is 0.124 e. The van der Waals surface area contributed by atoms with E-state index in [1.165, 1.54) is 0 Å². The van der Waals surface area contributed by atoms with Gasteiger partial charge in [-0.1, -0.05) is 30.3 Å². The van der Waals surface area contributed by atoms with Gasteiger partial charge in [-0.15, -0.1) is 0 Å². The molecule has 0 fully saturated rings. The maximum atomic E-state index is 8.77. The molecule has 1 aromatic rings. The lowest BCUT2D eigenvalue weighted by Gasteiger charge is -2.07. The zero-order valence-electron chi connectivity index (χ0n) is 7.73. The van der Waals surface area contributed by atoms with Crippen molar-refractivity contribution in [1.82, 2.24) is 0 Å². The molecule has 0 unspecified atom stereocenters. The molecule has 1 rings (SSSR count). The van der Waals surface area contributed by atoms with Crippen LogP contribution in [0.3, 0.4) is 0 Å². The van der Waals surface area contributed by atoms with E-state index in [1.807, 2.05) is 37.3 Å². The van der Waals surface area contributed by atoms with E-state index in [2.05, 4.69) is 0 Å². The van der Waals surface area contributed by atoms with Gasteiger partial charge in [0.05, 0.1) is 13.2 Å². The summed E-state index contributed by atoms with van der Waals surface area (Å²) in [5.74, 6) is 0.741. The van der Waals surface area contributed by atoms with Gasteiger partial charge >= 0.3 is 0 Å². The van der Waals surface area contributed by atoms with Gasteiger partial charge in [-0.05, 0) is 13.0 Å². The van der Waals surface area contributed by atoms with Crippen LogP contribution in [0.2, 0.25) is 0 Å². The first-order valence-corrected chi connectivity index (χ1v) is 4.37. The van der Waals surface area contributed by atoms with Crippen LogP contribution in [-0.2, 0) is 4.74 Å². The summed E-state index contributed by atoms with van der Waals surface area (Å²) >= 11 is 0. The van der Waals surface area contributed by atoms with Crippen molar-refractivity contribution in [3.8, 4) is 0 Å². The summed E-state index contributed by atoms with van der Waals surface area (Å²) in [6.07, 6.45) is 1.67. The zero-order chi connectivity index (χ0) is 9.52. The normalized spacial score (nSPS) is 11.4. The summed E-state index contributed by atoms with van der Waals surface area (Å²) in [6, 6.07) is 9.75. The van der Waals surface area contributed by atoms with Gasteiger partial charge < -0.3 is 9.84 Å². The van der Waals surface area contributed by atoms with E-state index in [0.717, 1.165) is 11.3 Å². The number of benzene rings is 1. The van der Waals surface area contributed by atoms with E-state index < -0.39 is 0 Å². The molecular weight excluding hydrogens is 164 g/mol. The zero-order valence-corrected chi connectivity index (χ0v) is 7.73. The molecule has 0 spiro atoms. The Morgan fingerprint density at radius 1 is 1.38 bits per heavy atom. The average molecular weight is 178 g/mol. The number of aliphatic hydroxyl groups excluding tert-OH is 1. The van der Waals surface area contributed by atoms with E-state index in [9.17, 15) is 0 Å². The van der Waals surface area contributed by atoms with Gasteiger partial charge in [0.1, 0.15) is 5.76 Å². The van der Waals surface area contributed by atoms with Gasteiger partial charge in [0, 0.05) is 5.56 Å². The van der Waals surface area contributed by atoms with Gasteiger partial charge in [-0.25, -0.2) is 0 Å². The van der Waals surface area contributed by atoms with Crippen molar-refractivity contribution in [2.45, 2.75) is 6.92 Å². The van der Waals surface area contributed by atoms with Gasteiger partial charge in [0.25, 0.3) is 0 Å². The Kier molecular flexibility index (Phi) is 4.06. The van der Waals surface area contributed by atoms with Crippen LogP contribution in [0.25, 0.3) is 5.76 Å². The van der Waals surface area contributed by atoms with Crippen LogP contribution >= 0.6 is 0 Å². The van der Waals surface area contributed by atoms with E-state index in [4.69, 9.17) is 9.84 Å². The molecule has 0 bridgehead atoms. The lowest BCUT2D eigenvalue weighted by Crippen LogP contribution is -1.92. The lowest BCUT2D eigenvalue weighted by molar-refractivity contribution is 0.289. The predicted molar refractivity (Wildman–Crippen MR) is 53.1 cm³/mol. The third-order valence-electron chi connectivity index (χ3n) is 1.63. The van der Waals surface area contributed by atoms with Crippen LogP contribution < -0.4 is 0 Å². The molecule has 0 aliphatic rings. The van der Waals surface area contributed by atoms with E-state index in [1.54, 1.807) is 6.08 Å². The quantitative estimate of drug-likeness (QED) is 0.715. The molecule has 0 saturated carbocycles. The number of hydrogen-bond donors (Lipinski definition) is 1. The Hall–Kier alpha value is -1.28. The summed E-state index contributed by atoms with van der Waals surface area (Å²) < 4.78 is 5.37. The van der Waals surface area contributed by atoms with Crippen LogP contribution in [0.4, 0.5) is 0 Å². The van der Waals surface area contributed by atoms with Crippen LogP contribution in [0, 0.1) is 0 Å². The molecule has 0 aliphatic heterocycles. The highest BCUT2D eigenvalue weighted by Crippen LogP contribution is 2.14. The highest BCUT2D eigenvalue weighted by molar-refractivity contribution is 5.59. The molecule has 13 heavy (non-hydrogen) atoms. The van der Waals surface area contributed by atoms with E-state index in [-0.39, 0.29) is 6.61 Å². The van der Waals surface area contributed by atoms with Crippen molar-refractivity contribution in [3.63, 3.8) is 0 Å². The maximum absolute atomic E-state index is 8.77. The molecule has 0 radical (unpaired) electrons. The molecule has 0 heterocycles.